The average Bonchev–Trinajstić information content (AvgIpc) is 2.66. The number of nitro benzene ring substituents is 2. The number of nitrogens with one attached hydrogen (secondary N) is 1. The molecule has 28 heavy (non-hydrogen) atoms. The summed E-state index contributed by atoms with van der Waals surface area (Å²) in [6.45, 7) is 0. The smallest absolute Gasteiger partial charge is 0.324 e. The van der Waals surface area contributed by atoms with Gasteiger partial charge in [0, 0.05) is 6.07 Å². The highest BCUT2D eigenvalue weighted by molar-refractivity contribution is 7.89. The van der Waals surface area contributed by atoms with Crippen LogP contribution < -0.4 is 4.72 Å². The number of non-ortho nitro benzene ring substituents is 1. The lowest BCUT2D eigenvalue weighted by atomic mass is 10.1. The van der Waals surface area contributed by atoms with E-state index >= 15 is 0 Å². The Kier molecular flexibility index (Phi) is 6.38. The van der Waals surface area contributed by atoms with Crippen molar-refractivity contribution in [2.45, 2.75) is 17.4 Å². The summed E-state index contributed by atoms with van der Waals surface area (Å²) in [6.07, 6.45) is -0.0620. The maximum Gasteiger partial charge on any atom is 0.324 e. The molecule has 0 aromatic heterocycles. The van der Waals surface area contributed by atoms with Crippen molar-refractivity contribution in [2.75, 3.05) is 7.11 Å². The molecule has 148 valence electrons. The van der Waals surface area contributed by atoms with Crippen LogP contribution in [0.15, 0.2) is 53.4 Å². The first-order valence-corrected chi connectivity index (χ1v) is 9.21. The molecule has 2 aromatic carbocycles. The van der Waals surface area contributed by atoms with Gasteiger partial charge in [0.25, 0.3) is 11.4 Å². The van der Waals surface area contributed by atoms with Crippen LogP contribution in [0.25, 0.3) is 0 Å². The van der Waals surface area contributed by atoms with Gasteiger partial charge in [-0.1, -0.05) is 30.3 Å². The third kappa shape index (κ3) is 4.86. The van der Waals surface area contributed by atoms with Crippen molar-refractivity contribution < 1.29 is 27.8 Å². The molecule has 0 amide bonds. The predicted molar refractivity (Wildman–Crippen MR) is 96.0 cm³/mol. The highest BCUT2D eigenvalue weighted by atomic mass is 32.2. The van der Waals surface area contributed by atoms with Crippen LogP contribution in [-0.4, -0.2) is 37.4 Å². The highest BCUT2D eigenvalue weighted by Crippen LogP contribution is 2.28. The first-order valence-electron chi connectivity index (χ1n) is 7.72. The van der Waals surface area contributed by atoms with Crippen LogP contribution in [0.3, 0.4) is 0 Å². The summed E-state index contributed by atoms with van der Waals surface area (Å²) < 4.78 is 32.0. The van der Waals surface area contributed by atoms with Gasteiger partial charge in [-0.15, -0.1) is 0 Å². The van der Waals surface area contributed by atoms with Crippen molar-refractivity contribution in [1.29, 1.82) is 0 Å². The lowest BCUT2D eigenvalue weighted by molar-refractivity contribution is -0.396. The number of rotatable bonds is 8. The Hall–Kier alpha value is -3.38. The summed E-state index contributed by atoms with van der Waals surface area (Å²) in [5.41, 5.74) is -0.997. The van der Waals surface area contributed by atoms with Gasteiger partial charge in [0.15, 0.2) is 4.90 Å². The SMILES string of the molecule is COC(=O)[C@H](Cc1ccccc1)NS(=O)(=O)c1ccc([N+](=O)[O-])cc1[N+](=O)[O-]. The first kappa shape index (κ1) is 20.9. The second-order valence-electron chi connectivity index (χ2n) is 5.55. The monoisotopic (exact) mass is 409 g/mol. The molecule has 0 aliphatic carbocycles. The standard InChI is InChI=1S/C16H15N3O8S/c1-27-16(20)13(9-11-5-3-2-4-6-11)17-28(25,26)15-8-7-12(18(21)22)10-14(15)19(23)24/h2-8,10,13,17H,9H2,1H3/t13-/m0/s1. The normalized spacial score (nSPS) is 12.2. The van der Waals surface area contributed by atoms with E-state index in [0.29, 0.717) is 11.6 Å². The molecule has 0 bridgehead atoms. The number of ether oxygens (including phenoxy) is 1. The van der Waals surface area contributed by atoms with Crippen molar-refractivity contribution in [3.8, 4) is 0 Å². The van der Waals surface area contributed by atoms with E-state index in [-0.39, 0.29) is 6.42 Å². The summed E-state index contributed by atoms with van der Waals surface area (Å²) in [4.78, 5) is 31.3. The van der Waals surface area contributed by atoms with Crippen molar-refractivity contribution in [2.24, 2.45) is 0 Å². The third-order valence-electron chi connectivity index (χ3n) is 3.71. The van der Waals surface area contributed by atoms with Gasteiger partial charge >= 0.3 is 5.97 Å². The number of benzene rings is 2. The molecule has 1 atom stereocenters. The molecule has 1 N–H and O–H groups in total. The predicted octanol–water partition coefficient (Wildman–Crippen LogP) is 1.57. The van der Waals surface area contributed by atoms with Crippen LogP contribution in [0.4, 0.5) is 11.4 Å². The van der Waals surface area contributed by atoms with Crippen LogP contribution in [0.2, 0.25) is 0 Å². The van der Waals surface area contributed by atoms with E-state index in [2.05, 4.69) is 9.46 Å². The second-order valence-corrected chi connectivity index (χ2v) is 7.24. The molecule has 0 saturated heterocycles. The molecule has 11 nitrogen and oxygen atoms in total. The van der Waals surface area contributed by atoms with Crippen LogP contribution in [0.1, 0.15) is 5.56 Å². The summed E-state index contributed by atoms with van der Waals surface area (Å²) in [6, 6.07) is 9.21. The van der Waals surface area contributed by atoms with Crippen LogP contribution in [0, 0.1) is 20.2 Å². The van der Waals surface area contributed by atoms with Gasteiger partial charge in [0.1, 0.15) is 6.04 Å². The van der Waals surface area contributed by atoms with E-state index < -0.39 is 48.2 Å². The van der Waals surface area contributed by atoms with Gasteiger partial charge in [-0.05, 0) is 18.1 Å². The Balaban J connectivity index is 2.42. The zero-order valence-electron chi connectivity index (χ0n) is 14.5. The van der Waals surface area contributed by atoms with Crippen LogP contribution in [-0.2, 0) is 26.0 Å². The second kappa shape index (κ2) is 8.54. The Labute approximate surface area is 159 Å². The fourth-order valence-corrected chi connectivity index (χ4v) is 3.74. The topological polar surface area (TPSA) is 159 Å². The van der Waals surface area contributed by atoms with E-state index in [1.165, 1.54) is 0 Å². The number of hydrogen-bond acceptors (Lipinski definition) is 8. The van der Waals surface area contributed by atoms with E-state index in [0.717, 1.165) is 19.2 Å². The molecule has 0 spiro atoms. The Morgan fingerprint density at radius 2 is 1.75 bits per heavy atom. The maximum atomic E-state index is 12.7. The lowest BCUT2D eigenvalue weighted by Gasteiger charge is -2.16. The number of sulfonamides is 1. The molecule has 0 radical (unpaired) electrons. The van der Waals surface area contributed by atoms with Crippen LogP contribution in [0.5, 0.6) is 0 Å². The van der Waals surface area contributed by atoms with E-state index in [1.54, 1.807) is 30.3 Å². The molecule has 12 heteroatoms. The molecule has 2 rings (SSSR count). The Bertz CT molecular complexity index is 1010. The van der Waals surface area contributed by atoms with E-state index in [1.807, 2.05) is 0 Å². The number of carbonyl (C=O) groups is 1. The average molecular weight is 409 g/mol. The number of esters is 1. The van der Waals surface area contributed by atoms with Gasteiger partial charge in [0.05, 0.1) is 23.0 Å². The minimum atomic E-state index is -4.57. The van der Waals surface area contributed by atoms with E-state index in [4.69, 9.17) is 0 Å². The zero-order chi connectivity index (χ0) is 20.9. The molecule has 0 aliphatic heterocycles. The molecule has 0 aliphatic rings. The molecule has 0 saturated carbocycles. The molecular weight excluding hydrogens is 394 g/mol. The fraction of sp³-hybridized carbons (Fsp3) is 0.188. The van der Waals surface area contributed by atoms with Crippen molar-refractivity contribution in [3.05, 3.63) is 74.3 Å². The molecule has 0 heterocycles. The number of nitro groups is 2. The highest BCUT2D eigenvalue weighted by Gasteiger charge is 2.33. The lowest BCUT2D eigenvalue weighted by Crippen LogP contribution is -2.43. The molecule has 0 unspecified atom stereocenters. The van der Waals surface area contributed by atoms with Gasteiger partial charge in [-0.25, -0.2) is 8.42 Å². The van der Waals surface area contributed by atoms with Crippen molar-refractivity contribution in [1.82, 2.24) is 4.72 Å². The van der Waals surface area contributed by atoms with Crippen LogP contribution >= 0.6 is 0 Å². The quantitative estimate of drug-likeness (QED) is 0.391. The van der Waals surface area contributed by atoms with Gasteiger partial charge in [0.2, 0.25) is 10.0 Å². The summed E-state index contributed by atoms with van der Waals surface area (Å²) in [5, 5.41) is 22.0. The van der Waals surface area contributed by atoms with Gasteiger partial charge in [-0.3, -0.25) is 25.0 Å². The number of nitrogens with zero attached hydrogens (tertiary/aromatic N) is 2. The summed E-state index contributed by atoms with van der Waals surface area (Å²) in [5.74, 6) is -0.892. The minimum absolute atomic E-state index is 0.0620. The minimum Gasteiger partial charge on any atom is -0.468 e. The number of carbonyl (C=O) groups excluding carboxylic acids is 1. The first-order chi connectivity index (χ1) is 13.2. The van der Waals surface area contributed by atoms with E-state index in [9.17, 15) is 33.4 Å². The summed E-state index contributed by atoms with van der Waals surface area (Å²) in [7, 11) is -3.50. The summed E-state index contributed by atoms with van der Waals surface area (Å²) >= 11 is 0. The van der Waals surface area contributed by atoms with Gasteiger partial charge < -0.3 is 4.74 Å². The third-order valence-corrected chi connectivity index (χ3v) is 5.22. The zero-order valence-corrected chi connectivity index (χ0v) is 15.3. The number of methoxy groups -OCH3 is 1. The fourth-order valence-electron chi connectivity index (χ4n) is 2.41. The Morgan fingerprint density at radius 1 is 1.11 bits per heavy atom. The largest absolute Gasteiger partial charge is 0.468 e. The Morgan fingerprint density at radius 3 is 2.29 bits per heavy atom. The molecule has 0 fully saturated rings. The molecule has 2 aromatic rings. The maximum absolute atomic E-state index is 12.7. The number of hydrogen-bond donors (Lipinski definition) is 1. The molecular formula is C16H15N3O8S. The van der Waals surface area contributed by atoms with Gasteiger partial charge in [-0.2, -0.15) is 4.72 Å². The van der Waals surface area contributed by atoms with Crippen molar-refractivity contribution >= 4 is 27.4 Å². The van der Waals surface area contributed by atoms with Crippen molar-refractivity contribution in [3.63, 3.8) is 0 Å².